The Morgan fingerprint density at radius 3 is 2.78 bits per heavy atom. The van der Waals surface area contributed by atoms with Crippen molar-refractivity contribution in [3.63, 3.8) is 0 Å². The molecule has 27 heavy (non-hydrogen) atoms. The number of fused-ring (bicyclic) bond motifs is 1. The highest BCUT2D eigenvalue weighted by molar-refractivity contribution is 7.15. The van der Waals surface area contributed by atoms with Crippen LogP contribution in [-0.4, -0.2) is 34.2 Å². The lowest BCUT2D eigenvalue weighted by Gasteiger charge is -2.21. The summed E-state index contributed by atoms with van der Waals surface area (Å²) in [6, 6.07) is 5.60. The third-order valence-electron chi connectivity index (χ3n) is 3.79. The largest absolute Gasteiger partial charge is 0.493 e. The van der Waals surface area contributed by atoms with Crippen LogP contribution < -0.4 is 9.47 Å². The second-order valence-corrected chi connectivity index (χ2v) is 8.14. The Morgan fingerprint density at radius 1 is 1.33 bits per heavy atom. The van der Waals surface area contributed by atoms with Crippen LogP contribution in [0.15, 0.2) is 29.8 Å². The summed E-state index contributed by atoms with van der Waals surface area (Å²) in [5.74, 6) is 0.241. The first-order valence-corrected chi connectivity index (χ1v) is 9.35. The van der Waals surface area contributed by atoms with Gasteiger partial charge in [-0.15, -0.1) is 11.3 Å². The zero-order valence-electron chi connectivity index (χ0n) is 15.7. The van der Waals surface area contributed by atoms with E-state index in [2.05, 4.69) is 25.8 Å². The fourth-order valence-electron chi connectivity index (χ4n) is 2.57. The van der Waals surface area contributed by atoms with Crippen molar-refractivity contribution in [1.29, 1.82) is 0 Å². The van der Waals surface area contributed by atoms with Gasteiger partial charge in [-0.3, -0.25) is 4.40 Å². The van der Waals surface area contributed by atoms with E-state index in [4.69, 9.17) is 9.47 Å². The first-order valence-electron chi connectivity index (χ1n) is 8.47. The van der Waals surface area contributed by atoms with Crippen molar-refractivity contribution in [2.45, 2.75) is 20.8 Å². The van der Waals surface area contributed by atoms with Gasteiger partial charge in [-0.25, -0.2) is 9.78 Å². The van der Waals surface area contributed by atoms with E-state index in [1.54, 1.807) is 29.9 Å². The van der Waals surface area contributed by atoms with Crippen LogP contribution in [0.5, 0.6) is 11.5 Å². The van der Waals surface area contributed by atoms with Gasteiger partial charge in [-0.2, -0.15) is 0 Å². The first-order chi connectivity index (χ1) is 12.8. The SMILES string of the molecule is COc1cccc(/C=C/c2nc3sccn3c2C(=O)O)c1OCC(C)(C)C. The number of para-hydroxylation sites is 1. The maximum atomic E-state index is 11.7. The lowest BCUT2D eigenvalue weighted by atomic mass is 9.98. The van der Waals surface area contributed by atoms with E-state index in [-0.39, 0.29) is 11.1 Å². The minimum atomic E-state index is -1.02. The summed E-state index contributed by atoms with van der Waals surface area (Å²) >= 11 is 1.39. The molecule has 0 unspecified atom stereocenters. The second-order valence-electron chi connectivity index (χ2n) is 7.27. The number of ether oxygens (including phenoxy) is 2. The van der Waals surface area contributed by atoms with Crippen molar-refractivity contribution in [1.82, 2.24) is 9.38 Å². The highest BCUT2D eigenvalue weighted by atomic mass is 32.1. The average Bonchev–Trinajstić information content (AvgIpc) is 3.17. The molecule has 0 aliphatic heterocycles. The number of aromatic carboxylic acids is 1. The molecule has 7 heteroatoms. The summed E-state index contributed by atoms with van der Waals surface area (Å²) in [7, 11) is 1.60. The van der Waals surface area contributed by atoms with Gasteiger partial charge in [0, 0.05) is 17.1 Å². The Balaban J connectivity index is 1.99. The highest BCUT2D eigenvalue weighted by Crippen LogP contribution is 2.34. The maximum Gasteiger partial charge on any atom is 0.355 e. The molecular weight excluding hydrogens is 364 g/mol. The number of aromatic nitrogens is 2. The molecule has 0 atom stereocenters. The highest BCUT2D eigenvalue weighted by Gasteiger charge is 2.18. The predicted octanol–water partition coefficient (Wildman–Crippen LogP) is 4.70. The molecule has 0 aliphatic carbocycles. The lowest BCUT2D eigenvalue weighted by molar-refractivity contribution is 0.0689. The van der Waals surface area contributed by atoms with E-state index in [1.807, 2.05) is 23.6 Å². The minimum absolute atomic E-state index is 0.00739. The number of hydrogen-bond donors (Lipinski definition) is 1. The van der Waals surface area contributed by atoms with Crippen molar-refractivity contribution in [3.8, 4) is 11.5 Å². The second kappa shape index (κ2) is 7.44. The summed E-state index contributed by atoms with van der Waals surface area (Å²) in [6.45, 7) is 6.80. The molecule has 3 rings (SSSR count). The molecule has 0 saturated carbocycles. The van der Waals surface area contributed by atoms with Crippen LogP contribution in [0, 0.1) is 5.41 Å². The summed E-state index contributed by atoms with van der Waals surface area (Å²) in [6.07, 6.45) is 5.21. The van der Waals surface area contributed by atoms with Crippen LogP contribution in [0.2, 0.25) is 0 Å². The van der Waals surface area contributed by atoms with Gasteiger partial charge in [0.05, 0.1) is 19.4 Å². The Hall–Kier alpha value is -2.80. The van der Waals surface area contributed by atoms with Gasteiger partial charge in [0.2, 0.25) is 0 Å². The normalized spacial score (nSPS) is 12.0. The van der Waals surface area contributed by atoms with E-state index in [0.29, 0.717) is 28.8 Å². The minimum Gasteiger partial charge on any atom is -0.493 e. The number of imidazole rings is 1. The van der Waals surface area contributed by atoms with E-state index in [1.165, 1.54) is 11.3 Å². The molecule has 3 aromatic rings. The summed E-state index contributed by atoms with van der Waals surface area (Å²) in [5.41, 5.74) is 1.33. The molecule has 1 N–H and O–H groups in total. The first kappa shape index (κ1) is 19.0. The molecule has 2 aromatic heterocycles. The molecule has 0 amide bonds. The standard InChI is InChI=1S/C20H22N2O4S/c1-20(2,3)12-26-17-13(6-5-7-15(17)25-4)8-9-14-16(18(23)24)22-10-11-27-19(22)21-14/h5-11H,12H2,1-4H3,(H,23,24)/b9-8+. The lowest BCUT2D eigenvalue weighted by Crippen LogP contribution is -2.17. The van der Waals surface area contributed by atoms with E-state index in [0.717, 1.165) is 5.56 Å². The molecule has 6 nitrogen and oxygen atoms in total. The molecule has 0 spiro atoms. The van der Waals surface area contributed by atoms with Crippen molar-refractivity contribution in [2.75, 3.05) is 13.7 Å². The average molecular weight is 386 g/mol. The van der Waals surface area contributed by atoms with E-state index < -0.39 is 5.97 Å². The van der Waals surface area contributed by atoms with E-state index >= 15 is 0 Å². The fourth-order valence-corrected chi connectivity index (χ4v) is 3.29. The number of carboxylic acid groups (broad SMARTS) is 1. The molecule has 142 valence electrons. The Labute approximate surface area is 161 Å². The number of carboxylic acids is 1. The van der Waals surface area contributed by atoms with Crippen LogP contribution in [0.25, 0.3) is 17.1 Å². The topological polar surface area (TPSA) is 73.1 Å². The van der Waals surface area contributed by atoms with Crippen LogP contribution in [-0.2, 0) is 0 Å². The van der Waals surface area contributed by atoms with Gasteiger partial charge in [0.15, 0.2) is 22.2 Å². The monoisotopic (exact) mass is 386 g/mol. The smallest absolute Gasteiger partial charge is 0.355 e. The van der Waals surface area contributed by atoms with Crippen molar-refractivity contribution in [3.05, 3.63) is 46.7 Å². The van der Waals surface area contributed by atoms with Crippen molar-refractivity contribution >= 4 is 34.4 Å². The zero-order chi connectivity index (χ0) is 19.6. The van der Waals surface area contributed by atoms with Gasteiger partial charge < -0.3 is 14.6 Å². The molecule has 0 bridgehead atoms. The fraction of sp³-hybridized carbons (Fsp3) is 0.300. The molecular formula is C20H22N2O4S. The quantitative estimate of drug-likeness (QED) is 0.665. The third kappa shape index (κ3) is 4.14. The van der Waals surface area contributed by atoms with Gasteiger partial charge in [0.25, 0.3) is 0 Å². The Morgan fingerprint density at radius 2 is 2.11 bits per heavy atom. The zero-order valence-corrected chi connectivity index (χ0v) is 16.5. The number of carbonyl (C=O) groups is 1. The van der Waals surface area contributed by atoms with E-state index in [9.17, 15) is 9.90 Å². The molecule has 0 aliphatic rings. The number of nitrogens with zero attached hydrogens (tertiary/aromatic N) is 2. The number of methoxy groups -OCH3 is 1. The van der Waals surface area contributed by atoms with Gasteiger partial charge in [-0.1, -0.05) is 32.9 Å². The molecule has 0 radical (unpaired) electrons. The number of rotatable bonds is 6. The van der Waals surface area contributed by atoms with Crippen LogP contribution in [0.1, 0.15) is 42.5 Å². The predicted molar refractivity (Wildman–Crippen MR) is 107 cm³/mol. The Bertz CT molecular complexity index is 995. The van der Waals surface area contributed by atoms with Gasteiger partial charge >= 0.3 is 5.97 Å². The Kier molecular flexibility index (Phi) is 5.23. The molecule has 2 heterocycles. The van der Waals surface area contributed by atoms with Crippen LogP contribution in [0.4, 0.5) is 0 Å². The number of thiazole rings is 1. The van der Waals surface area contributed by atoms with Crippen LogP contribution in [0.3, 0.4) is 0 Å². The number of hydrogen-bond acceptors (Lipinski definition) is 5. The third-order valence-corrected chi connectivity index (χ3v) is 4.55. The van der Waals surface area contributed by atoms with Crippen molar-refractivity contribution < 1.29 is 19.4 Å². The van der Waals surface area contributed by atoms with Gasteiger partial charge in [0.1, 0.15) is 0 Å². The number of benzene rings is 1. The molecule has 0 saturated heterocycles. The van der Waals surface area contributed by atoms with Crippen LogP contribution >= 0.6 is 11.3 Å². The summed E-state index contributed by atoms with van der Waals surface area (Å²) in [5, 5.41) is 11.4. The summed E-state index contributed by atoms with van der Waals surface area (Å²) in [4.78, 5) is 16.7. The maximum absolute atomic E-state index is 11.7. The van der Waals surface area contributed by atoms with Crippen molar-refractivity contribution in [2.24, 2.45) is 5.41 Å². The molecule has 0 fully saturated rings. The summed E-state index contributed by atoms with van der Waals surface area (Å²) < 4.78 is 13.0. The molecule has 1 aromatic carbocycles. The van der Waals surface area contributed by atoms with Gasteiger partial charge in [-0.05, 0) is 23.6 Å².